The van der Waals surface area contributed by atoms with Gasteiger partial charge in [0, 0.05) is 16.4 Å². The van der Waals surface area contributed by atoms with Gasteiger partial charge in [0.25, 0.3) is 6.17 Å². The minimum absolute atomic E-state index is 0.0128. The Morgan fingerprint density at radius 1 is 1.41 bits per heavy atom. The highest BCUT2D eigenvalue weighted by Gasteiger charge is 2.38. The fourth-order valence-corrected chi connectivity index (χ4v) is 4.27. The third-order valence-electron chi connectivity index (χ3n) is 4.51. The van der Waals surface area contributed by atoms with Crippen molar-refractivity contribution in [1.29, 1.82) is 0 Å². The molecule has 29 heavy (non-hydrogen) atoms. The number of fused-ring (bicyclic) bond motifs is 3. The molecular formula is C20H18BrN4O3S+. The molecule has 0 unspecified atom stereocenters. The molecule has 9 heteroatoms. The van der Waals surface area contributed by atoms with Gasteiger partial charge in [-0.25, -0.2) is 0 Å². The van der Waals surface area contributed by atoms with Crippen molar-refractivity contribution in [2.24, 2.45) is 0 Å². The summed E-state index contributed by atoms with van der Waals surface area (Å²) in [5, 5.41) is 18.8. The van der Waals surface area contributed by atoms with E-state index >= 15 is 0 Å². The first-order chi connectivity index (χ1) is 14.0. The maximum atomic E-state index is 13.0. The van der Waals surface area contributed by atoms with E-state index in [1.165, 1.54) is 18.9 Å². The van der Waals surface area contributed by atoms with E-state index in [0.717, 1.165) is 16.8 Å². The third-order valence-corrected chi connectivity index (χ3v) is 5.97. The molecule has 3 N–H and O–H groups in total. The molecule has 1 aliphatic heterocycles. The number of phenols is 1. The van der Waals surface area contributed by atoms with Gasteiger partial charge in [0.15, 0.2) is 11.5 Å². The average molecular weight is 474 g/mol. The molecule has 3 aromatic rings. The third kappa shape index (κ3) is 3.51. The number of para-hydroxylation sites is 1. The Morgan fingerprint density at radius 2 is 2.21 bits per heavy atom. The number of phenolic OH excluding ortho intramolecular Hbond substituents is 1. The summed E-state index contributed by atoms with van der Waals surface area (Å²) in [4.78, 5) is 15.8. The first-order valence-corrected chi connectivity index (χ1v) is 10.5. The molecule has 0 radical (unpaired) electrons. The molecule has 0 bridgehead atoms. The fourth-order valence-electron chi connectivity index (χ4n) is 3.22. The maximum Gasteiger partial charge on any atom is 0.325 e. The second-order valence-electron chi connectivity index (χ2n) is 6.30. The van der Waals surface area contributed by atoms with Crippen LogP contribution >= 0.6 is 27.7 Å². The van der Waals surface area contributed by atoms with E-state index < -0.39 is 6.17 Å². The van der Waals surface area contributed by atoms with Gasteiger partial charge in [-0.05, 0) is 44.9 Å². The van der Waals surface area contributed by atoms with Crippen LogP contribution in [0.3, 0.4) is 0 Å². The smallest absolute Gasteiger partial charge is 0.325 e. The molecule has 0 amide bonds. The van der Waals surface area contributed by atoms with Gasteiger partial charge in [0.05, 0.1) is 22.8 Å². The number of methoxy groups -OCH3 is 1. The molecule has 4 rings (SSSR count). The minimum atomic E-state index is -0.476. The van der Waals surface area contributed by atoms with Crippen molar-refractivity contribution in [3.8, 4) is 22.8 Å². The largest absolute Gasteiger partial charge is 0.503 e. The number of aromatic hydroxyl groups is 1. The number of thioether (sulfide) groups is 1. The lowest BCUT2D eigenvalue weighted by Crippen LogP contribution is -2.55. The molecule has 1 atom stereocenters. The molecule has 0 saturated heterocycles. The Kier molecular flexibility index (Phi) is 5.33. The Balaban J connectivity index is 1.94. The van der Waals surface area contributed by atoms with Crippen LogP contribution < -0.4 is 20.3 Å². The summed E-state index contributed by atoms with van der Waals surface area (Å²) in [6.07, 6.45) is 1.28. The number of aromatic nitrogens is 3. The predicted molar refractivity (Wildman–Crippen MR) is 116 cm³/mol. The van der Waals surface area contributed by atoms with E-state index in [0.29, 0.717) is 26.8 Å². The highest BCUT2D eigenvalue weighted by Crippen LogP contribution is 2.39. The first-order valence-electron chi connectivity index (χ1n) is 8.75. The molecule has 2 aromatic carbocycles. The lowest BCUT2D eigenvalue weighted by molar-refractivity contribution is -0.759. The van der Waals surface area contributed by atoms with Crippen molar-refractivity contribution in [2.75, 3.05) is 18.2 Å². The molecule has 2 heterocycles. The van der Waals surface area contributed by atoms with Crippen molar-refractivity contribution in [3.63, 3.8) is 0 Å². The normalized spacial score (nSPS) is 14.5. The summed E-state index contributed by atoms with van der Waals surface area (Å²) in [7, 11) is 1.49. The standard InChI is InChI=1S/C20H17BrN4O3S/c1-3-8-29-20-23-19(27)16-12-6-4-5-7-14(12)22-18(25(16)24-20)11-9-13(21)17(26)15(10-11)28-2/h3-7,9-10,18H,1,8H2,2H3,(H2,23,24,26,27)/p+1/t18-/m0/s1. The summed E-state index contributed by atoms with van der Waals surface area (Å²) >= 11 is 4.76. The number of hydrogen-bond donors (Lipinski definition) is 3. The zero-order valence-corrected chi connectivity index (χ0v) is 17.9. The van der Waals surface area contributed by atoms with E-state index in [1.54, 1.807) is 22.9 Å². The quantitative estimate of drug-likeness (QED) is 0.298. The fraction of sp³-hybridized carbons (Fsp3) is 0.150. The molecular weight excluding hydrogens is 456 g/mol. The summed E-state index contributed by atoms with van der Waals surface area (Å²) in [5.74, 6) is 0.956. The van der Waals surface area contributed by atoms with Crippen LogP contribution in [0.1, 0.15) is 11.7 Å². The number of rotatable bonds is 5. The molecule has 0 aliphatic carbocycles. The van der Waals surface area contributed by atoms with E-state index in [-0.39, 0.29) is 11.3 Å². The van der Waals surface area contributed by atoms with Crippen LogP contribution in [0, 0.1) is 0 Å². The Labute approximate surface area is 179 Å². The lowest BCUT2D eigenvalue weighted by atomic mass is 10.0. The van der Waals surface area contributed by atoms with Gasteiger partial charge in [-0.1, -0.05) is 30.0 Å². The van der Waals surface area contributed by atoms with Crippen LogP contribution in [0.15, 0.2) is 63.5 Å². The Bertz CT molecular complexity index is 1160. The molecule has 0 spiro atoms. The number of hydrogen-bond acceptors (Lipinski definition) is 6. The van der Waals surface area contributed by atoms with Gasteiger partial charge >= 0.3 is 11.3 Å². The number of H-pyrrole nitrogens is 1. The molecule has 1 aromatic heterocycles. The highest BCUT2D eigenvalue weighted by molar-refractivity contribution is 9.10. The first kappa shape index (κ1) is 19.5. The van der Waals surface area contributed by atoms with Crippen molar-refractivity contribution >= 4 is 33.4 Å². The van der Waals surface area contributed by atoms with Crippen molar-refractivity contribution in [2.45, 2.75) is 11.3 Å². The number of nitrogens with one attached hydrogen (secondary N) is 2. The second-order valence-corrected chi connectivity index (χ2v) is 8.16. The molecule has 148 valence electrons. The summed E-state index contributed by atoms with van der Waals surface area (Å²) < 4.78 is 7.45. The van der Waals surface area contributed by atoms with E-state index in [4.69, 9.17) is 4.74 Å². The van der Waals surface area contributed by atoms with Crippen LogP contribution in [0.5, 0.6) is 11.5 Å². The van der Waals surface area contributed by atoms with Crippen molar-refractivity contribution in [3.05, 3.63) is 69.4 Å². The lowest BCUT2D eigenvalue weighted by Gasteiger charge is -2.23. The highest BCUT2D eigenvalue weighted by atomic mass is 79.9. The van der Waals surface area contributed by atoms with E-state index in [1.807, 2.05) is 24.3 Å². The SMILES string of the molecule is C=CCSc1n[n+]2c(c(=O)[nH]1)-c1ccccc1N[C@@H]2c1cc(Br)c(O)c(OC)c1. The van der Waals surface area contributed by atoms with Crippen LogP contribution in [-0.4, -0.2) is 28.1 Å². The second kappa shape index (κ2) is 7.92. The zero-order valence-electron chi connectivity index (χ0n) is 15.5. The number of benzene rings is 2. The maximum absolute atomic E-state index is 13.0. The van der Waals surface area contributed by atoms with Gasteiger partial charge in [0.2, 0.25) is 5.16 Å². The zero-order chi connectivity index (χ0) is 20.5. The molecule has 1 aliphatic rings. The predicted octanol–water partition coefficient (Wildman–Crippen LogP) is 3.45. The van der Waals surface area contributed by atoms with Gasteiger partial charge in [-0.3, -0.25) is 9.78 Å². The summed E-state index contributed by atoms with van der Waals surface area (Å²) in [5.41, 5.74) is 2.58. The number of ether oxygens (including phenoxy) is 1. The van der Waals surface area contributed by atoms with Crippen LogP contribution in [0.4, 0.5) is 5.69 Å². The molecule has 0 fully saturated rings. The van der Waals surface area contributed by atoms with Crippen LogP contribution in [0.25, 0.3) is 11.3 Å². The van der Waals surface area contributed by atoms with Crippen molar-refractivity contribution < 1.29 is 14.5 Å². The summed E-state index contributed by atoms with van der Waals surface area (Å²) in [6.45, 7) is 3.71. The summed E-state index contributed by atoms with van der Waals surface area (Å²) in [6, 6.07) is 11.1. The Hall–Kier alpha value is -2.78. The topological polar surface area (TPSA) is 91.1 Å². The number of halogens is 1. The van der Waals surface area contributed by atoms with Crippen molar-refractivity contribution in [1.82, 2.24) is 10.1 Å². The number of nitrogens with zero attached hydrogens (tertiary/aromatic N) is 2. The van der Waals surface area contributed by atoms with Gasteiger partial charge in [0.1, 0.15) is 0 Å². The number of aromatic amines is 1. The molecule has 7 nitrogen and oxygen atoms in total. The van der Waals surface area contributed by atoms with E-state index in [9.17, 15) is 9.90 Å². The van der Waals surface area contributed by atoms with Gasteiger partial charge in [-0.2, -0.15) is 0 Å². The van der Waals surface area contributed by atoms with Crippen LogP contribution in [-0.2, 0) is 0 Å². The van der Waals surface area contributed by atoms with Gasteiger partial charge < -0.3 is 15.2 Å². The minimum Gasteiger partial charge on any atom is -0.503 e. The monoisotopic (exact) mass is 473 g/mol. The van der Waals surface area contributed by atoms with Gasteiger partial charge in [-0.15, -0.1) is 6.58 Å². The average Bonchev–Trinajstić information content (AvgIpc) is 2.73. The molecule has 0 saturated carbocycles. The Morgan fingerprint density at radius 3 is 2.97 bits per heavy atom. The van der Waals surface area contributed by atoms with E-state index in [2.05, 4.69) is 37.9 Å². The number of anilines is 1. The van der Waals surface area contributed by atoms with Crippen LogP contribution in [0.2, 0.25) is 0 Å².